The van der Waals surface area contributed by atoms with E-state index < -0.39 is 0 Å². The number of carbonyl (C=O) groups is 1. The minimum absolute atomic E-state index is 0.201. The second-order valence-corrected chi connectivity index (χ2v) is 6.10. The maximum absolute atomic E-state index is 13.0. The zero-order valence-electron chi connectivity index (χ0n) is 15.6. The summed E-state index contributed by atoms with van der Waals surface area (Å²) in [5, 5.41) is 3.23. The second-order valence-electron chi connectivity index (χ2n) is 6.10. The predicted molar refractivity (Wildman–Crippen MR) is 97.7 cm³/mol. The molecule has 0 bridgehead atoms. The molecule has 7 nitrogen and oxygen atoms in total. The summed E-state index contributed by atoms with van der Waals surface area (Å²) in [7, 11) is 0. The van der Waals surface area contributed by atoms with Crippen molar-refractivity contribution in [2.45, 2.75) is 46.1 Å². The summed E-state index contributed by atoms with van der Waals surface area (Å²) >= 11 is 0. The van der Waals surface area contributed by atoms with Crippen molar-refractivity contribution >= 4 is 5.91 Å². The third-order valence-corrected chi connectivity index (χ3v) is 4.80. The topological polar surface area (TPSA) is 75.9 Å². The summed E-state index contributed by atoms with van der Waals surface area (Å²) < 4.78 is 1.70. The number of hydrogen-bond acceptors (Lipinski definition) is 5. The van der Waals surface area contributed by atoms with Gasteiger partial charge in [-0.15, -0.1) is 0 Å². The van der Waals surface area contributed by atoms with Gasteiger partial charge in [-0.1, -0.05) is 27.7 Å². The number of imidazole rings is 1. The number of hydrogen-bond donors (Lipinski definition) is 1. The molecule has 0 aromatic carbocycles. The van der Waals surface area contributed by atoms with Crippen LogP contribution in [0, 0.1) is 0 Å². The lowest BCUT2D eigenvalue weighted by atomic mass is 9.91. The quantitative estimate of drug-likeness (QED) is 0.755. The molecule has 7 heteroatoms. The van der Waals surface area contributed by atoms with E-state index in [0.717, 1.165) is 32.5 Å². The van der Waals surface area contributed by atoms with Gasteiger partial charge in [0.15, 0.2) is 11.5 Å². The first-order valence-corrected chi connectivity index (χ1v) is 8.93. The molecule has 2 aromatic rings. The van der Waals surface area contributed by atoms with Crippen molar-refractivity contribution in [3.63, 3.8) is 0 Å². The molecule has 0 atom stereocenters. The van der Waals surface area contributed by atoms with Gasteiger partial charge in [0, 0.05) is 31.3 Å². The smallest absolute Gasteiger partial charge is 0.274 e. The Morgan fingerprint density at radius 2 is 1.80 bits per heavy atom. The van der Waals surface area contributed by atoms with Gasteiger partial charge in [0.05, 0.1) is 5.54 Å². The third kappa shape index (κ3) is 4.42. The van der Waals surface area contributed by atoms with Crippen molar-refractivity contribution in [2.24, 2.45) is 0 Å². The molecule has 1 N–H and O–H groups in total. The molecule has 2 aromatic heterocycles. The number of amides is 1. The van der Waals surface area contributed by atoms with E-state index in [2.05, 4.69) is 52.9 Å². The summed E-state index contributed by atoms with van der Waals surface area (Å²) in [5.41, 5.74) is 0.0265. The Hall–Kier alpha value is -2.28. The van der Waals surface area contributed by atoms with Gasteiger partial charge in [-0.3, -0.25) is 9.36 Å². The minimum atomic E-state index is -0.285. The Kier molecular flexibility index (Phi) is 6.64. The number of nitrogens with one attached hydrogen (secondary N) is 1. The fourth-order valence-corrected chi connectivity index (χ4v) is 2.93. The first kappa shape index (κ1) is 19.1. The highest BCUT2D eigenvalue weighted by Crippen LogP contribution is 2.19. The molecule has 1 amide bonds. The van der Waals surface area contributed by atoms with E-state index in [1.165, 1.54) is 0 Å². The molecule has 0 unspecified atom stereocenters. The standard InChI is InChI=1S/C18H28N6O/c1-5-18(6-2,13-23(7-3)8-4)22-17(25)15-16(21-10-9-20-15)24-12-11-19-14-24/h9-12,14H,5-8,13H2,1-4H3,(H,22,25). The lowest BCUT2D eigenvalue weighted by molar-refractivity contribution is 0.0848. The van der Waals surface area contributed by atoms with Gasteiger partial charge < -0.3 is 10.2 Å². The molecule has 2 heterocycles. The maximum atomic E-state index is 13.0. The zero-order chi connectivity index (χ0) is 18.3. The van der Waals surface area contributed by atoms with Crippen LogP contribution in [0.3, 0.4) is 0 Å². The van der Waals surface area contributed by atoms with Crippen molar-refractivity contribution in [1.82, 2.24) is 29.7 Å². The van der Waals surface area contributed by atoms with Crippen LogP contribution < -0.4 is 5.32 Å². The van der Waals surface area contributed by atoms with Crippen LogP contribution in [0.4, 0.5) is 0 Å². The number of carbonyl (C=O) groups excluding carboxylic acids is 1. The molecule has 0 aliphatic heterocycles. The highest BCUT2D eigenvalue weighted by Gasteiger charge is 2.31. The van der Waals surface area contributed by atoms with Gasteiger partial charge in [-0.2, -0.15) is 0 Å². The molecule has 136 valence electrons. The molecule has 0 saturated heterocycles. The average Bonchev–Trinajstić information content (AvgIpc) is 3.19. The Labute approximate surface area is 149 Å². The van der Waals surface area contributed by atoms with Crippen LogP contribution in [0.1, 0.15) is 51.0 Å². The Balaban J connectivity index is 2.28. The average molecular weight is 344 g/mol. The van der Waals surface area contributed by atoms with Crippen molar-refractivity contribution < 1.29 is 4.79 Å². The molecule has 0 fully saturated rings. The van der Waals surface area contributed by atoms with Crippen LogP contribution in [0.2, 0.25) is 0 Å². The SMILES string of the molecule is CCN(CC)CC(CC)(CC)NC(=O)c1nccnc1-n1ccnc1. The molecule has 0 aliphatic carbocycles. The van der Waals surface area contributed by atoms with Crippen molar-refractivity contribution in [1.29, 1.82) is 0 Å². The second kappa shape index (κ2) is 8.71. The Bertz CT molecular complexity index is 662. The van der Waals surface area contributed by atoms with Crippen LogP contribution in [0.25, 0.3) is 5.82 Å². The molecule has 0 saturated carbocycles. The van der Waals surface area contributed by atoms with Crippen LogP contribution in [-0.2, 0) is 0 Å². The lowest BCUT2D eigenvalue weighted by Gasteiger charge is -2.37. The molecule has 25 heavy (non-hydrogen) atoms. The van der Waals surface area contributed by atoms with Crippen LogP contribution in [0.15, 0.2) is 31.1 Å². The number of nitrogens with zero attached hydrogens (tertiary/aromatic N) is 5. The van der Waals surface area contributed by atoms with Gasteiger partial charge >= 0.3 is 0 Å². The highest BCUT2D eigenvalue weighted by atomic mass is 16.2. The molecule has 0 spiro atoms. The summed E-state index contributed by atoms with van der Waals surface area (Å²) in [6.07, 6.45) is 9.85. The van der Waals surface area contributed by atoms with Crippen LogP contribution in [0.5, 0.6) is 0 Å². The molecular weight excluding hydrogens is 316 g/mol. The zero-order valence-corrected chi connectivity index (χ0v) is 15.6. The summed E-state index contributed by atoms with van der Waals surface area (Å²) in [4.78, 5) is 27.9. The summed E-state index contributed by atoms with van der Waals surface area (Å²) in [6, 6.07) is 0. The van der Waals surface area contributed by atoms with Gasteiger partial charge in [-0.25, -0.2) is 15.0 Å². The third-order valence-electron chi connectivity index (χ3n) is 4.80. The monoisotopic (exact) mass is 344 g/mol. The predicted octanol–water partition coefficient (Wildman–Crippen LogP) is 2.29. The molecular formula is C18H28N6O. The van der Waals surface area contributed by atoms with E-state index >= 15 is 0 Å². The van der Waals surface area contributed by atoms with E-state index in [1.54, 1.807) is 35.7 Å². The van der Waals surface area contributed by atoms with E-state index in [9.17, 15) is 4.79 Å². The summed E-state index contributed by atoms with van der Waals surface area (Å²) in [5.74, 6) is 0.286. The van der Waals surface area contributed by atoms with Gasteiger partial charge in [-0.05, 0) is 25.9 Å². The number of likely N-dealkylation sites (N-methyl/N-ethyl adjacent to an activating group) is 1. The normalized spacial score (nSPS) is 11.7. The number of rotatable bonds is 9. The van der Waals surface area contributed by atoms with Crippen molar-refractivity contribution in [3.05, 3.63) is 36.8 Å². The lowest BCUT2D eigenvalue weighted by Crippen LogP contribution is -2.55. The van der Waals surface area contributed by atoms with Crippen molar-refractivity contribution in [3.8, 4) is 5.82 Å². The minimum Gasteiger partial charge on any atom is -0.344 e. The first-order chi connectivity index (χ1) is 12.1. The fourth-order valence-electron chi connectivity index (χ4n) is 2.93. The van der Waals surface area contributed by atoms with E-state index in [0.29, 0.717) is 11.5 Å². The van der Waals surface area contributed by atoms with E-state index in [4.69, 9.17) is 0 Å². The first-order valence-electron chi connectivity index (χ1n) is 8.93. The largest absolute Gasteiger partial charge is 0.344 e. The highest BCUT2D eigenvalue weighted by molar-refractivity contribution is 5.95. The van der Waals surface area contributed by atoms with E-state index in [-0.39, 0.29) is 11.4 Å². The fraction of sp³-hybridized carbons (Fsp3) is 0.556. The maximum Gasteiger partial charge on any atom is 0.274 e. The molecule has 0 radical (unpaired) electrons. The molecule has 2 rings (SSSR count). The van der Waals surface area contributed by atoms with Gasteiger partial charge in [0.2, 0.25) is 0 Å². The van der Waals surface area contributed by atoms with Gasteiger partial charge in [0.25, 0.3) is 5.91 Å². The van der Waals surface area contributed by atoms with Crippen molar-refractivity contribution in [2.75, 3.05) is 19.6 Å². The Morgan fingerprint density at radius 3 is 2.36 bits per heavy atom. The molecule has 0 aliphatic rings. The van der Waals surface area contributed by atoms with Crippen LogP contribution >= 0.6 is 0 Å². The summed E-state index contributed by atoms with van der Waals surface area (Å²) in [6.45, 7) is 11.2. The van der Waals surface area contributed by atoms with Gasteiger partial charge in [0.1, 0.15) is 6.33 Å². The van der Waals surface area contributed by atoms with E-state index in [1.807, 2.05) is 0 Å². The Morgan fingerprint density at radius 1 is 1.12 bits per heavy atom. The number of aromatic nitrogens is 4. The van der Waals surface area contributed by atoms with Crippen LogP contribution in [-0.4, -0.2) is 55.5 Å².